The van der Waals surface area contributed by atoms with Crippen molar-refractivity contribution in [1.29, 1.82) is 0 Å². The smallest absolute Gasteiger partial charge is 0.303 e. The van der Waals surface area contributed by atoms with Crippen molar-refractivity contribution in [2.24, 2.45) is 0 Å². The fraction of sp³-hybridized carbons (Fsp3) is 0.176. The molecule has 25 heavy (non-hydrogen) atoms. The normalized spacial score (nSPS) is 12.5. The van der Waals surface area contributed by atoms with Crippen molar-refractivity contribution in [1.82, 2.24) is 4.98 Å². The highest BCUT2D eigenvalue weighted by molar-refractivity contribution is 7.11. The van der Waals surface area contributed by atoms with E-state index >= 15 is 0 Å². The van der Waals surface area contributed by atoms with Gasteiger partial charge in [0.2, 0.25) is 0 Å². The van der Waals surface area contributed by atoms with Crippen molar-refractivity contribution in [2.45, 2.75) is 12.8 Å². The Labute approximate surface area is 152 Å². The first-order valence-corrected chi connectivity index (χ1v) is 8.64. The average molecular weight is 382 g/mol. The molecule has 0 bridgehead atoms. The first kappa shape index (κ1) is 17.4. The standard InChI is InChI=1S/C17H13ClFNO4S/c18-12-7-10(8-13(19)16(12)23-6-2-5-15(21)22)14-9-25-17(20-14)24-11-3-1-4-11/h1,3-4,7-9H,2,5-6H2,(H,21,22). The molecule has 0 radical (unpaired) electrons. The van der Waals surface area contributed by atoms with E-state index in [9.17, 15) is 9.18 Å². The van der Waals surface area contributed by atoms with Gasteiger partial charge in [-0.1, -0.05) is 29.0 Å². The monoisotopic (exact) mass is 381 g/mol. The van der Waals surface area contributed by atoms with Gasteiger partial charge in [-0.25, -0.2) is 9.37 Å². The van der Waals surface area contributed by atoms with E-state index in [1.807, 2.05) is 18.2 Å². The van der Waals surface area contributed by atoms with Crippen LogP contribution in [-0.4, -0.2) is 22.7 Å². The molecule has 1 heterocycles. The first-order valence-electron chi connectivity index (χ1n) is 7.38. The Kier molecular flexibility index (Phi) is 5.35. The van der Waals surface area contributed by atoms with Gasteiger partial charge in [-0.2, -0.15) is 0 Å². The molecule has 1 aromatic heterocycles. The van der Waals surface area contributed by atoms with E-state index in [0.717, 1.165) is 5.76 Å². The summed E-state index contributed by atoms with van der Waals surface area (Å²) in [5.41, 5.74) is 1.05. The lowest BCUT2D eigenvalue weighted by atomic mass is 10.1. The molecule has 0 fully saturated rings. The van der Waals surface area contributed by atoms with E-state index < -0.39 is 11.8 Å². The van der Waals surface area contributed by atoms with Gasteiger partial charge >= 0.3 is 5.97 Å². The highest BCUT2D eigenvalue weighted by Crippen LogP contribution is 2.35. The van der Waals surface area contributed by atoms with Gasteiger partial charge in [-0.3, -0.25) is 4.79 Å². The minimum atomic E-state index is -0.930. The van der Waals surface area contributed by atoms with Crippen LogP contribution in [0.5, 0.6) is 10.9 Å². The number of allylic oxidation sites excluding steroid dienone is 3. The molecule has 0 unspecified atom stereocenters. The lowest BCUT2D eigenvalue weighted by molar-refractivity contribution is -0.137. The van der Waals surface area contributed by atoms with Crippen LogP contribution in [0.15, 0.2) is 41.5 Å². The summed E-state index contributed by atoms with van der Waals surface area (Å²) in [6.45, 7) is 0.0691. The van der Waals surface area contributed by atoms with Crippen molar-refractivity contribution >= 4 is 28.9 Å². The van der Waals surface area contributed by atoms with Crippen molar-refractivity contribution in [2.75, 3.05) is 6.61 Å². The van der Waals surface area contributed by atoms with Crippen molar-refractivity contribution in [3.63, 3.8) is 0 Å². The number of halogens is 2. The van der Waals surface area contributed by atoms with Crippen LogP contribution < -0.4 is 9.47 Å². The molecule has 2 aromatic rings. The number of benzene rings is 1. The van der Waals surface area contributed by atoms with Crippen LogP contribution in [0.1, 0.15) is 12.8 Å². The molecule has 0 saturated carbocycles. The van der Waals surface area contributed by atoms with Gasteiger partial charge in [0.25, 0.3) is 5.19 Å². The predicted molar refractivity (Wildman–Crippen MR) is 92.7 cm³/mol. The Morgan fingerprint density at radius 3 is 2.84 bits per heavy atom. The van der Waals surface area contributed by atoms with Gasteiger partial charge in [0.15, 0.2) is 11.6 Å². The quantitative estimate of drug-likeness (QED) is 0.672. The number of aromatic nitrogens is 1. The second-order valence-electron chi connectivity index (χ2n) is 5.14. The zero-order chi connectivity index (χ0) is 17.8. The van der Waals surface area contributed by atoms with Crippen LogP contribution in [0.2, 0.25) is 5.02 Å². The zero-order valence-corrected chi connectivity index (χ0v) is 14.4. The molecule has 1 N–H and O–H groups in total. The zero-order valence-electron chi connectivity index (χ0n) is 12.9. The number of carboxylic acid groups (broad SMARTS) is 1. The Morgan fingerprint density at radius 2 is 2.20 bits per heavy atom. The van der Waals surface area contributed by atoms with E-state index in [0.29, 0.717) is 16.5 Å². The lowest BCUT2D eigenvalue weighted by Gasteiger charge is -2.10. The number of hydrogen-bond acceptors (Lipinski definition) is 5. The van der Waals surface area contributed by atoms with Gasteiger partial charge < -0.3 is 14.6 Å². The number of hydrogen-bond donors (Lipinski definition) is 1. The summed E-state index contributed by atoms with van der Waals surface area (Å²) < 4.78 is 25.0. The summed E-state index contributed by atoms with van der Waals surface area (Å²) in [5, 5.41) is 10.9. The Bertz CT molecular complexity index is 839. The number of thiazole rings is 1. The maximum Gasteiger partial charge on any atom is 0.303 e. The van der Waals surface area contributed by atoms with E-state index in [1.165, 1.54) is 17.4 Å². The van der Waals surface area contributed by atoms with Crippen LogP contribution in [-0.2, 0) is 4.79 Å². The van der Waals surface area contributed by atoms with Gasteiger partial charge in [-0.15, -0.1) is 0 Å². The lowest BCUT2D eigenvalue weighted by Crippen LogP contribution is -2.03. The molecule has 0 spiro atoms. The van der Waals surface area contributed by atoms with E-state index in [-0.39, 0.29) is 30.2 Å². The van der Waals surface area contributed by atoms with E-state index in [4.69, 9.17) is 26.2 Å². The summed E-state index contributed by atoms with van der Waals surface area (Å²) in [6, 6.07) is 2.83. The summed E-state index contributed by atoms with van der Waals surface area (Å²) >= 11 is 7.39. The van der Waals surface area contributed by atoms with Gasteiger partial charge in [0.05, 0.1) is 17.3 Å². The minimum absolute atomic E-state index is 0.0510. The average Bonchev–Trinajstić information content (AvgIpc) is 2.98. The van der Waals surface area contributed by atoms with E-state index in [1.54, 1.807) is 11.4 Å². The molecule has 5 nitrogen and oxygen atoms in total. The van der Waals surface area contributed by atoms with Crippen molar-refractivity contribution in [3.05, 3.63) is 52.3 Å². The molecule has 0 aliphatic heterocycles. The van der Waals surface area contributed by atoms with Crippen LogP contribution in [0.4, 0.5) is 4.39 Å². The Hall–Kier alpha value is -2.38. The summed E-state index contributed by atoms with van der Waals surface area (Å²) in [6.07, 6.45) is 5.70. The molecule has 8 heteroatoms. The summed E-state index contributed by atoms with van der Waals surface area (Å²) in [5.74, 6) is -0.930. The van der Waals surface area contributed by atoms with Crippen LogP contribution >= 0.6 is 22.9 Å². The molecule has 1 aromatic carbocycles. The maximum atomic E-state index is 14.3. The van der Waals surface area contributed by atoms with Gasteiger partial charge in [-0.05, 0) is 30.7 Å². The molecular weight excluding hydrogens is 369 g/mol. The molecule has 130 valence electrons. The topological polar surface area (TPSA) is 68.7 Å². The molecular formula is C17H13ClFNO4S. The third-order valence-electron chi connectivity index (χ3n) is 3.28. The molecule has 0 saturated heterocycles. The molecule has 1 aliphatic carbocycles. The maximum absolute atomic E-state index is 14.3. The number of rotatable bonds is 8. The third kappa shape index (κ3) is 4.37. The van der Waals surface area contributed by atoms with Crippen molar-refractivity contribution in [3.8, 4) is 22.2 Å². The van der Waals surface area contributed by atoms with Gasteiger partial charge in [0, 0.05) is 17.4 Å². The largest absolute Gasteiger partial charge is 0.489 e. The van der Waals surface area contributed by atoms with Crippen LogP contribution in [0.3, 0.4) is 0 Å². The predicted octanol–water partition coefficient (Wildman–Crippen LogP) is 4.68. The Morgan fingerprint density at radius 1 is 1.40 bits per heavy atom. The minimum Gasteiger partial charge on any atom is -0.489 e. The van der Waals surface area contributed by atoms with Gasteiger partial charge in [0.1, 0.15) is 5.76 Å². The number of ether oxygens (including phenoxy) is 2. The molecule has 1 aliphatic rings. The SMILES string of the molecule is O=C(O)CCCOc1c(F)cc(-c2csc(OC3=CC=C3)n2)cc1Cl. The fourth-order valence-corrected chi connectivity index (χ4v) is 2.98. The second kappa shape index (κ2) is 7.67. The number of carbonyl (C=O) groups is 1. The summed E-state index contributed by atoms with van der Waals surface area (Å²) in [4.78, 5) is 14.8. The second-order valence-corrected chi connectivity index (χ2v) is 6.37. The number of carboxylic acids is 1. The Balaban J connectivity index is 1.69. The van der Waals surface area contributed by atoms with E-state index in [2.05, 4.69) is 4.98 Å². The molecule has 3 rings (SSSR count). The molecule has 0 atom stereocenters. The fourth-order valence-electron chi connectivity index (χ4n) is 2.02. The van der Waals surface area contributed by atoms with Crippen LogP contribution in [0.25, 0.3) is 11.3 Å². The number of aliphatic carboxylic acids is 1. The van der Waals surface area contributed by atoms with Crippen molar-refractivity contribution < 1.29 is 23.8 Å². The first-order chi connectivity index (χ1) is 12.0. The number of nitrogens with zero attached hydrogens (tertiary/aromatic N) is 1. The third-order valence-corrected chi connectivity index (χ3v) is 4.28. The highest BCUT2D eigenvalue weighted by atomic mass is 35.5. The highest BCUT2D eigenvalue weighted by Gasteiger charge is 2.15. The van der Waals surface area contributed by atoms with Crippen LogP contribution in [0, 0.1) is 5.82 Å². The molecule has 0 amide bonds. The summed E-state index contributed by atoms with van der Waals surface area (Å²) in [7, 11) is 0.